The van der Waals surface area contributed by atoms with E-state index in [4.69, 9.17) is 0 Å². The molecule has 1 saturated heterocycles. The molecule has 128 valence electrons. The summed E-state index contributed by atoms with van der Waals surface area (Å²) in [7, 11) is 0. The first-order valence-corrected chi connectivity index (χ1v) is 8.96. The van der Waals surface area contributed by atoms with Gasteiger partial charge in [0.2, 0.25) is 0 Å². The molecule has 0 saturated carbocycles. The first kappa shape index (κ1) is 16.9. The Kier molecular flexibility index (Phi) is 5.42. The number of hydrogen-bond donors (Lipinski definition) is 1. The maximum absolute atomic E-state index is 13.3. The van der Waals surface area contributed by atoms with Crippen molar-refractivity contribution in [1.82, 2.24) is 20.1 Å². The number of aromatic nitrogens is 1. The van der Waals surface area contributed by atoms with Crippen LogP contribution in [0.3, 0.4) is 0 Å². The van der Waals surface area contributed by atoms with E-state index in [2.05, 4.69) is 20.6 Å². The molecule has 5 nitrogen and oxygen atoms in total. The number of nitrogens with zero attached hydrogens (tertiary/aromatic N) is 3. The summed E-state index contributed by atoms with van der Waals surface area (Å²) in [6, 6.07) is 6.02. The third-order valence-corrected chi connectivity index (χ3v) is 4.85. The monoisotopic (exact) mass is 348 g/mol. The molecule has 1 atom stereocenters. The number of urea groups is 1. The predicted molar refractivity (Wildman–Crippen MR) is 92.3 cm³/mol. The summed E-state index contributed by atoms with van der Waals surface area (Å²) in [5, 5.41) is 5.00. The molecule has 0 spiro atoms. The Morgan fingerprint density at radius 3 is 2.83 bits per heavy atom. The molecule has 3 rings (SSSR count). The van der Waals surface area contributed by atoms with E-state index in [1.54, 1.807) is 17.4 Å². The third kappa shape index (κ3) is 4.30. The van der Waals surface area contributed by atoms with E-state index < -0.39 is 0 Å². The lowest BCUT2D eigenvalue weighted by Crippen LogP contribution is -2.51. The van der Waals surface area contributed by atoms with Crippen LogP contribution in [0.5, 0.6) is 0 Å². The molecule has 0 radical (unpaired) electrons. The van der Waals surface area contributed by atoms with E-state index in [1.165, 1.54) is 12.1 Å². The highest BCUT2D eigenvalue weighted by Crippen LogP contribution is 2.15. The molecule has 1 N–H and O–H groups in total. The van der Waals surface area contributed by atoms with Gasteiger partial charge in [-0.2, -0.15) is 0 Å². The zero-order valence-electron chi connectivity index (χ0n) is 13.6. The third-order valence-electron chi connectivity index (χ3n) is 4.22. The highest BCUT2D eigenvalue weighted by Gasteiger charge is 2.22. The van der Waals surface area contributed by atoms with Gasteiger partial charge in [-0.25, -0.2) is 14.2 Å². The van der Waals surface area contributed by atoms with Crippen LogP contribution in [0.1, 0.15) is 24.2 Å². The van der Waals surface area contributed by atoms with E-state index in [-0.39, 0.29) is 17.9 Å². The summed E-state index contributed by atoms with van der Waals surface area (Å²) in [6.45, 7) is 5.74. The number of carbonyl (C=O) groups is 1. The molecule has 7 heteroatoms. The quantitative estimate of drug-likeness (QED) is 0.924. The van der Waals surface area contributed by atoms with Crippen molar-refractivity contribution in [3.63, 3.8) is 0 Å². The molecular weight excluding hydrogens is 327 g/mol. The molecule has 0 aliphatic carbocycles. The van der Waals surface area contributed by atoms with E-state index >= 15 is 0 Å². The number of halogens is 1. The van der Waals surface area contributed by atoms with E-state index in [0.29, 0.717) is 13.1 Å². The van der Waals surface area contributed by atoms with Crippen LogP contribution in [-0.4, -0.2) is 47.0 Å². The first-order valence-electron chi connectivity index (χ1n) is 8.02. The number of nitrogens with one attached hydrogen (secondary N) is 1. The maximum Gasteiger partial charge on any atom is 0.317 e. The Morgan fingerprint density at radius 2 is 2.17 bits per heavy atom. The molecule has 1 fully saturated rings. The van der Waals surface area contributed by atoms with Gasteiger partial charge in [0, 0.05) is 38.1 Å². The Hall–Kier alpha value is -1.99. The highest BCUT2D eigenvalue weighted by molar-refractivity contribution is 7.07. The summed E-state index contributed by atoms with van der Waals surface area (Å²) in [5.41, 5.74) is 3.69. The van der Waals surface area contributed by atoms with Crippen molar-refractivity contribution in [3.8, 4) is 0 Å². The van der Waals surface area contributed by atoms with Gasteiger partial charge in [0.25, 0.3) is 0 Å². The summed E-state index contributed by atoms with van der Waals surface area (Å²) >= 11 is 1.60. The zero-order valence-corrected chi connectivity index (χ0v) is 14.4. The fourth-order valence-electron chi connectivity index (χ4n) is 2.79. The van der Waals surface area contributed by atoms with Crippen LogP contribution in [0.2, 0.25) is 0 Å². The lowest BCUT2D eigenvalue weighted by molar-refractivity contribution is 0.133. The van der Waals surface area contributed by atoms with Gasteiger partial charge in [0.15, 0.2) is 0 Å². The van der Waals surface area contributed by atoms with Crippen LogP contribution in [0.15, 0.2) is 35.2 Å². The number of hydrogen-bond acceptors (Lipinski definition) is 4. The fourth-order valence-corrected chi connectivity index (χ4v) is 3.34. The molecule has 1 aromatic heterocycles. The van der Waals surface area contributed by atoms with E-state index in [9.17, 15) is 9.18 Å². The fraction of sp³-hybridized carbons (Fsp3) is 0.412. The second-order valence-electron chi connectivity index (χ2n) is 5.97. The van der Waals surface area contributed by atoms with Gasteiger partial charge < -0.3 is 10.2 Å². The smallest absolute Gasteiger partial charge is 0.317 e. The van der Waals surface area contributed by atoms with Crippen molar-refractivity contribution in [3.05, 3.63) is 52.2 Å². The Labute approximate surface area is 145 Å². The van der Waals surface area contributed by atoms with Gasteiger partial charge in [-0.1, -0.05) is 12.1 Å². The van der Waals surface area contributed by atoms with Crippen molar-refractivity contribution < 1.29 is 9.18 Å². The topological polar surface area (TPSA) is 48.5 Å². The standard InChI is InChI=1S/C17H21FN4OS/c1-13(14-3-2-4-15(18)9-14)20-17(23)22-7-5-21(6-8-22)10-16-11-24-12-19-16/h2-4,9,11-13H,5-8,10H2,1H3,(H,20,23)/t13-/m1/s1. The van der Waals surface area contributed by atoms with Gasteiger partial charge >= 0.3 is 6.03 Å². The number of amides is 2. The van der Waals surface area contributed by atoms with Gasteiger partial charge in [-0.3, -0.25) is 4.90 Å². The Bertz CT molecular complexity index is 671. The summed E-state index contributed by atoms with van der Waals surface area (Å²) in [4.78, 5) is 20.8. The van der Waals surface area contributed by atoms with E-state index in [0.717, 1.165) is 30.9 Å². The number of piperazine rings is 1. The van der Waals surface area contributed by atoms with Crippen LogP contribution in [0, 0.1) is 5.82 Å². The molecule has 0 unspecified atom stereocenters. The van der Waals surface area contributed by atoms with Crippen LogP contribution in [-0.2, 0) is 6.54 Å². The zero-order chi connectivity index (χ0) is 16.9. The molecule has 1 aromatic carbocycles. The molecule has 2 heterocycles. The lowest BCUT2D eigenvalue weighted by Gasteiger charge is -2.35. The van der Waals surface area contributed by atoms with Crippen molar-refractivity contribution in [2.24, 2.45) is 0 Å². The molecular formula is C17H21FN4OS. The van der Waals surface area contributed by atoms with E-state index in [1.807, 2.05) is 23.4 Å². The summed E-state index contributed by atoms with van der Waals surface area (Å²) in [6.07, 6.45) is 0. The molecule has 2 amide bonds. The number of carbonyl (C=O) groups excluding carboxylic acids is 1. The van der Waals surface area contributed by atoms with Crippen LogP contribution < -0.4 is 5.32 Å². The minimum absolute atomic E-state index is 0.0972. The maximum atomic E-state index is 13.3. The predicted octanol–water partition coefficient (Wildman–Crippen LogP) is 2.87. The molecule has 24 heavy (non-hydrogen) atoms. The highest BCUT2D eigenvalue weighted by atomic mass is 32.1. The average Bonchev–Trinajstić information content (AvgIpc) is 3.08. The summed E-state index contributed by atoms with van der Waals surface area (Å²) < 4.78 is 13.3. The van der Waals surface area contributed by atoms with Gasteiger partial charge in [-0.05, 0) is 24.6 Å². The van der Waals surface area contributed by atoms with Gasteiger partial charge in [0.1, 0.15) is 5.82 Å². The first-order chi connectivity index (χ1) is 11.6. The minimum Gasteiger partial charge on any atom is -0.331 e. The van der Waals surface area contributed by atoms with Crippen LogP contribution >= 0.6 is 11.3 Å². The second kappa shape index (κ2) is 7.72. The Balaban J connectivity index is 1.48. The Morgan fingerprint density at radius 1 is 1.38 bits per heavy atom. The summed E-state index contributed by atoms with van der Waals surface area (Å²) in [5.74, 6) is -0.288. The SMILES string of the molecule is C[C@@H](NC(=O)N1CCN(Cc2cscn2)CC1)c1cccc(F)c1. The minimum atomic E-state index is -0.288. The normalized spacial score (nSPS) is 16.8. The van der Waals surface area contributed by atoms with Crippen molar-refractivity contribution >= 4 is 17.4 Å². The largest absolute Gasteiger partial charge is 0.331 e. The number of thiazole rings is 1. The van der Waals surface area contributed by atoms with Gasteiger partial charge in [-0.15, -0.1) is 11.3 Å². The van der Waals surface area contributed by atoms with Crippen LogP contribution in [0.25, 0.3) is 0 Å². The second-order valence-corrected chi connectivity index (χ2v) is 6.69. The van der Waals surface area contributed by atoms with Crippen LogP contribution in [0.4, 0.5) is 9.18 Å². The van der Waals surface area contributed by atoms with Gasteiger partial charge in [0.05, 0.1) is 17.2 Å². The number of rotatable bonds is 4. The van der Waals surface area contributed by atoms with Crippen molar-refractivity contribution in [2.75, 3.05) is 26.2 Å². The molecule has 2 aromatic rings. The molecule has 1 aliphatic rings. The van der Waals surface area contributed by atoms with Crippen molar-refractivity contribution in [1.29, 1.82) is 0 Å². The average molecular weight is 348 g/mol. The molecule has 1 aliphatic heterocycles. The lowest BCUT2D eigenvalue weighted by atomic mass is 10.1. The number of benzene rings is 1. The molecule has 0 bridgehead atoms. The van der Waals surface area contributed by atoms with Crippen molar-refractivity contribution in [2.45, 2.75) is 19.5 Å².